The Bertz CT molecular complexity index is 381. The second-order valence-corrected chi connectivity index (χ2v) is 3.95. The standard InChI is InChI=1S/C11H16N2O3.ClH/c1-2-13-6-5-12-10(13)9-8(11(14)15)4-3-7-16-9;/h5-6,8-9H,2-4,7H2,1H3,(H,14,15);1H. The molecule has 1 aromatic rings. The molecule has 2 heterocycles. The Morgan fingerprint density at radius 2 is 2.47 bits per heavy atom. The van der Waals surface area contributed by atoms with E-state index in [1.807, 2.05) is 17.7 Å². The van der Waals surface area contributed by atoms with Crippen molar-refractivity contribution in [2.75, 3.05) is 6.61 Å². The van der Waals surface area contributed by atoms with E-state index < -0.39 is 18.0 Å². The van der Waals surface area contributed by atoms with Gasteiger partial charge in [-0.25, -0.2) is 4.98 Å². The van der Waals surface area contributed by atoms with Crippen LogP contribution in [0.15, 0.2) is 12.4 Å². The highest BCUT2D eigenvalue weighted by molar-refractivity contribution is 5.85. The molecule has 2 unspecified atom stereocenters. The van der Waals surface area contributed by atoms with Gasteiger partial charge in [0.1, 0.15) is 11.9 Å². The summed E-state index contributed by atoms with van der Waals surface area (Å²) in [5.41, 5.74) is 0. The number of imidazole rings is 1. The lowest BCUT2D eigenvalue weighted by molar-refractivity contribution is -0.152. The summed E-state index contributed by atoms with van der Waals surface area (Å²) >= 11 is 0. The number of hydrogen-bond donors (Lipinski definition) is 1. The molecule has 1 aromatic heterocycles. The van der Waals surface area contributed by atoms with Crippen LogP contribution in [0.1, 0.15) is 31.7 Å². The number of carbonyl (C=O) groups is 1. The average Bonchev–Trinajstić information content (AvgIpc) is 2.76. The predicted molar refractivity (Wildman–Crippen MR) is 64.2 cm³/mol. The summed E-state index contributed by atoms with van der Waals surface area (Å²) in [5, 5.41) is 9.15. The topological polar surface area (TPSA) is 64.4 Å². The predicted octanol–water partition coefficient (Wildman–Crippen LogP) is 1.88. The third-order valence-electron chi connectivity index (χ3n) is 2.98. The van der Waals surface area contributed by atoms with Crippen LogP contribution < -0.4 is 0 Å². The molecule has 1 saturated heterocycles. The Kier molecular flexibility index (Phi) is 4.96. The van der Waals surface area contributed by atoms with Crippen LogP contribution in [0.2, 0.25) is 0 Å². The number of rotatable bonds is 3. The number of aryl methyl sites for hydroxylation is 1. The summed E-state index contributed by atoms with van der Waals surface area (Å²) < 4.78 is 7.51. The van der Waals surface area contributed by atoms with Crippen molar-refractivity contribution in [1.29, 1.82) is 0 Å². The first-order valence-electron chi connectivity index (χ1n) is 5.59. The molecule has 17 heavy (non-hydrogen) atoms. The van der Waals surface area contributed by atoms with Crippen LogP contribution >= 0.6 is 12.4 Å². The monoisotopic (exact) mass is 260 g/mol. The summed E-state index contributed by atoms with van der Waals surface area (Å²) in [4.78, 5) is 15.4. The molecule has 0 spiro atoms. The molecule has 5 nitrogen and oxygen atoms in total. The molecule has 0 bridgehead atoms. The second-order valence-electron chi connectivity index (χ2n) is 3.95. The van der Waals surface area contributed by atoms with Crippen molar-refractivity contribution in [3.8, 4) is 0 Å². The Morgan fingerprint density at radius 3 is 3.12 bits per heavy atom. The largest absolute Gasteiger partial charge is 0.481 e. The van der Waals surface area contributed by atoms with E-state index in [4.69, 9.17) is 9.84 Å². The van der Waals surface area contributed by atoms with Crippen molar-refractivity contribution in [1.82, 2.24) is 9.55 Å². The zero-order chi connectivity index (χ0) is 11.5. The number of ether oxygens (including phenoxy) is 1. The van der Waals surface area contributed by atoms with E-state index >= 15 is 0 Å². The fourth-order valence-electron chi connectivity index (χ4n) is 2.13. The van der Waals surface area contributed by atoms with E-state index in [-0.39, 0.29) is 12.4 Å². The molecule has 1 aliphatic rings. The molecule has 96 valence electrons. The van der Waals surface area contributed by atoms with Gasteiger partial charge in [-0.15, -0.1) is 12.4 Å². The smallest absolute Gasteiger partial charge is 0.309 e. The van der Waals surface area contributed by atoms with Crippen LogP contribution in [0, 0.1) is 5.92 Å². The van der Waals surface area contributed by atoms with Gasteiger partial charge in [-0.1, -0.05) is 0 Å². The highest BCUT2D eigenvalue weighted by atomic mass is 35.5. The van der Waals surface area contributed by atoms with Gasteiger partial charge in [0, 0.05) is 25.5 Å². The summed E-state index contributed by atoms with van der Waals surface area (Å²) in [6.07, 6.45) is 4.61. The van der Waals surface area contributed by atoms with Gasteiger partial charge < -0.3 is 14.4 Å². The molecule has 6 heteroatoms. The van der Waals surface area contributed by atoms with Crippen molar-refractivity contribution in [2.24, 2.45) is 5.92 Å². The fraction of sp³-hybridized carbons (Fsp3) is 0.636. The average molecular weight is 261 g/mol. The van der Waals surface area contributed by atoms with Gasteiger partial charge in [-0.2, -0.15) is 0 Å². The molecule has 0 amide bonds. The van der Waals surface area contributed by atoms with Gasteiger partial charge in [0.15, 0.2) is 0 Å². The number of hydrogen-bond acceptors (Lipinski definition) is 3. The lowest BCUT2D eigenvalue weighted by atomic mass is 9.94. The molecule has 0 aliphatic carbocycles. The molecule has 0 radical (unpaired) electrons. The third kappa shape index (κ3) is 2.79. The molecule has 1 aliphatic heterocycles. The van der Waals surface area contributed by atoms with Crippen LogP contribution in [0.25, 0.3) is 0 Å². The second kappa shape index (κ2) is 6.02. The van der Waals surface area contributed by atoms with Gasteiger partial charge in [-0.3, -0.25) is 4.79 Å². The van der Waals surface area contributed by atoms with Gasteiger partial charge in [0.2, 0.25) is 0 Å². The van der Waals surface area contributed by atoms with Crippen molar-refractivity contribution in [2.45, 2.75) is 32.4 Å². The summed E-state index contributed by atoms with van der Waals surface area (Å²) in [6.45, 7) is 3.40. The number of carboxylic acid groups (broad SMARTS) is 1. The normalized spacial score (nSPS) is 24.1. The zero-order valence-electron chi connectivity index (χ0n) is 9.70. The maximum absolute atomic E-state index is 11.1. The molecule has 2 atom stereocenters. The van der Waals surface area contributed by atoms with Gasteiger partial charge in [0.05, 0.1) is 5.92 Å². The Labute approximate surface area is 106 Å². The highest BCUT2D eigenvalue weighted by Crippen LogP contribution is 2.32. The van der Waals surface area contributed by atoms with E-state index in [0.717, 1.165) is 18.8 Å². The third-order valence-corrected chi connectivity index (χ3v) is 2.98. The van der Waals surface area contributed by atoms with E-state index in [1.54, 1.807) is 6.20 Å². The fourth-order valence-corrected chi connectivity index (χ4v) is 2.13. The number of aromatic nitrogens is 2. The van der Waals surface area contributed by atoms with Gasteiger partial charge in [-0.05, 0) is 19.8 Å². The number of nitrogens with zero attached hydrogens (tertiary/aromatic N) is 2. The minimum atomic E-state index is -0.796. The molecule has 0 saturated carbocycles. The molecule has 1 fully saturated rings. The molecular weight excluding hydrogens is 244 g/mol. The number of carboxylic acids is 1. The van der Waals surface area contributed by atoms with Crippen LogP contribution in [-0.4, -0.2) is 27.2 Å². The van der Waals surface area contributed by atoms with Crippen LogP contribution in [-0.2, 0) is 16.1 Å². The Hall–Kier alpha value is -1.07. The van der Waals surface area contributed by atoms with Gasteiger partial charge >= 0.3 is 5.97 Å². The minimum Gasteiger partial charge on any atom is -0.481 e. The van der Waals surface area contributed by atoms with Crippen LogP contribution in [0.3, 0.4) is 0 Å². The summed E-state index contributed by atoms with van der Waals surface area (Å²) in [6, 6.07) is 0. The van der Waals surface area contributed by atoms with Crippen molar-refractivity contribution >= 4 is 18.4 Å². The first kappa shape index (κ1) is 14.0. The van der Waals surface area contributed by atoms with E-state index in [2.05, 4.69) is 4.98 Å². The quantitative estimate of drug-likeness (QED) is 0.901. The number of halogens is 1. The van der Waals surface area contributed by atoms with E-state index in [1.165, 1.54) is 0 Å². The van der Waals surface area contributed by atoms with E-state index in [0.29, 0.717) is 13.0 Å². The Balaban J connectivity index is 0.00000144. The Morgan fingerprint density at radius 1 is 1.71 bits per heavy atom. The van der Waals surface area contributed by atoms with Crippen molar-refractivity contribution in [3.05, 3.63) is 18.2 Å². The van der Waals surface area contributed by atoms with Crippen LogP contribution in [0.5, 0.6) is 0 Å². The number of aliphatic carboxylic acids is 1. The van der Waals surface area contributed by atoms with E-state index in [9.17, 15) is 4.79 Å². The molecule has 2 rings (SSSR count). The summed E-state index contributed by atoms with van der Waals surface area (Å²) in [7, 11) is 0. The first-order valence-corrected chi connectivity index (χ1v) is 5.59. The van der Waals surface area contributed by atoms with Gasteiger partial charge in [0.25, 0.3) is 0 Å². The summed E-state index contributed by atoms with van der Waals surface area (Å²) in [5.74, 6) is -0.536. The zero-order valence-corrected chi connectivity index (χ0v) is 10.5. The lowest BCUT2D eigenvalue weighted by Crippen LogP contribution is -2.30. The highest BCUT2D eigenvalue weighted by Gasteiger charge is 2.35. The maximum atomic E-state index is 11.1. The molecular formula is C11H17ClN2O3. The SMILES string of the molecule is CCn1ccnc1C1OCCCC1C(=O)O.Cl. The lowest BCUT2D eigenvalue weighted by Gasteiger charge is -2.28. The molecule has 0 aromatic carbocycles. The van der Waals surface area contributed by atoms with Crippen molar-refractivity contribution in [3.63, 3.8) is 0 Å². The van der Waals surface area contributed by atoms with Crippen molar-refractivity contribution < 1.29 is 14.6 Å². The van der Waals surface area contributed by atoms with Crippen LogP contribution in [0.4, 0.5) is 0 Å². The first-order chi connectivity index (χ1) is 7.74. The maximum Gasteiger partial charge on any atom is 0.309 e. The molecule has 1 N–H and O–H groups in total. The minimum absolute atomic E-state index is 0.